The number of rotatable bonds is 13. The van der Waals surface area contributed by atoms with Crippen LogP contribution in [0.3, 0.4) is 0 Å². The van der Waals surface area contributed by atoms with Crippen molar-refractivity contribution in [1.29, 1.82) is 0 Å². The van der Waals surface area contributed by atoms with Gasteiger partial charge in [-0.25, -0.2) is 0 Å². The van der Waals surface area contributed by atoms with Gasteiger partial charge < -0.3 is 4.74 Å². The first-order valence-electron chi connectivity index (χ1n) is 12.1. The van der Waals surface area contributed by atoms with Gasteiger partial charge in [0.05, 0.1) is 5.54 Å². The molecule has 0 saturated carbocycles. The Balaban J connectivity index is 1.35. The molecule has 34 heavy (non-hydrogen) atoms. The molecule has 0 aliphatic rings. The van der Waals surface area contributed by atoms with Crippen LogP contribution in [0.15, 0.2) is 95.4 Å². The van der Waals surface area contributed by atoms with Gasteiger partial charge in [0.2, 0.25) is 0 Å². The summed E-state index contributed by atoms with van der Waals surface area (Å²) in [6.45, 7) is 9.62. The van der Waals surface area contributed by atoms with E-state index in [1.807, 2.05) is 61.0 Å². The van der Waals surface area contributed by atoms with Crippen LogP contribution in [0.4, 0.5) is 0 Å². The number of nitrogens with zero attached hydrogens (tertiary/aromatic N) is 2. The van der Waals surface area contributed by atoms with Gasteiger partial charge in [0.15, 0.2) is 0 Å². The van der Waals surface area contributed by atoms with Gasteiger partial charge >= 0.3 is 0 Å². The van der Waals surface area contributed by atoms with Crippen molar-refractivity contribution in [3.63, 3.8) is 0 Å². The Labute approximate surface area is 205 Å². The quantitative estimate of drug-likeness (QED) is 0.192. The maximum atomic E-state index is 5.90. The third-order valence-corrected chi connectivity index (χ3v) is 5.68. The van der Waals surface area contributed by atoms with E-state index >= 15 is 0 Å². The third-order valence-electron chi connectivity index (χ3n) is 5.68. The molecule has 3 aromatic carbocycles. The van der Waals surface area contributed by atoms with E-state index in [9.17, 15) is 0 Å². The first-order chi connectivity index (χ1) is 16.5. The maximum Gasteiger partial charge on any atom is 0.119 e. The smallest absolute Gasteiger partial charge is 0.119 e. The summed E-state index contributed by atoms with van der Waals surface area (Å²) < 4.78 is 5.90. The molecule has 0 heterocycles. The van der Waals surface area contributed by atoms with E-state index in [1.165, 1.54) is 6.42 Å². The summed E-state index contributed by atoms with van der Waals surface area (Å²) >= 11 is 0. The second-order valence-corrected chi connectivity index (χ2v) is 9.13. The van der Waals surface area contributed by atoms with Crippen molar-refractivity contribution >= 4 is 18.5 Å². The molecule has 0 aliphatic carbocycles. The largest absolute Gasteiger partial charge is 0.489 e. The van der Waals surface area contributed by atoms with Crippen LogP contribution in [0.25, 0.3) is 6.08 Å². The molecule has 0 fully saturated rings. The zero-order valence-corrected chi connectivity index (χ0v) is 20.5. The molecule has 3 heteroatoms. The van der Waals surface area contributed by atoms with Gasteiger partial charge in [0, 0.05) is 19.0 Å². The summed E-state index contributed by atoms with van der Waals surface area (Å²) in [5, 5.41) is 0. The maximum absolute atomic E-state index is 5.90. The molecular formula is C31H36N2O. The standard InChI is InChI=1S/C31H36N2O/c1-4-26-13-15-29(16-14-26)25-34-30-19-17-28(18-20-30)24-33-31(2,3)21-9-6-10-22-32-23-27-11-7-5-8-12-27/h4-5,7-8,11-20,23-24H,1,6,9-10,21-22,25H2,2-3H3. The zero-order chi connectivity index (χ0) is 24.1. The van der Waals surface area contributed by atoms with E-state index in [0.717, 1.165) is 53.8 Å². The number of unbranched alkanes of at least 4 members (excludes halogenated alkanes) is 2. The summed E-state index contributed by atoms with van der Waals surface area (Å²) in [7, 11) is 0. The van der Waals surface area contributed by atoms with Crippen LogP contribution in [-0.4, -0.2) is 24.5 Å². The number of hydrogen-bond donors (Lipinski definition) is 0. The Morgan fingerprint density at radius 1 is 0.765 bits per heavy atom. The van der Waals surface area contributed by atoms with Gasteiger partial charge in [-0.05, 0) is 73.2 Å². The predicted molar refractivity (Wildman–Crippen MR) is 146 cm³/mol. The minimum atomic E-state index is -0.0694. The molecule has 0 aromatic heterocycles. The summed E-state index contributed by atoms with van der Waals surface area (Å²) in [6.07, 6.45) is 10.3. The van der Waals surface area contributed by atoms with E-state index in [0.29, 0.717) is 6.61 Å². The van der Waals surface area contributed by atoms with Gasteiger partial charge in [-0.1, -0.05) is 80.1 Å². The monoisotopic (exact) mass is 452 g/mol. The van der Waals surface area contributed by atoms with Crippen LogP contribution < -0.4 is 4.74 Å². The molecule has 0 aliphatic heterocycles. The van der Waals surface area contributed by atoms with Crippen molar-refractivity contribution in [2.45, 2.75) is 51.7 Å². The van der Waals surface area contributed by atoms with Crippen LogP contribution >= 0.6 is 0 Å². The lowest BCUT2D eigenvalue weighted by Crippen LogP contribution is -2.16. The van der Waals surface area contributed by atoms with Crippen LogP contribution in [-0.2, 0) is 6.61 Å². The Morgan fingerprint density at radius 2 is 1.44 bits per heavy atom. The molecule has 3 aromatic rings. The van der Waals surface area contributed by atoms with Crippen molar-refractivity contribution in [2.75, 3.05) is 6.54 Å². The van der Waals surface area contributed by atoms with Crippen molar-refractivity contribution in [3.05, 3.63) is 108 Å². The Morgan fingerprint density at radius 3 is 2.15 bits per heavy atom. The SMILES string of the molecule is C=Cc1ccc(COc2ccc(C=NC(C)(C)CCCCCN=Cc3ccccc3)cc2)cc1. The highest BCUT2D eigenvalue weighted by molar-refractivity contribution is 5.80. The average molecular weight is 453 g/mol. The second-order valence-electron chi connectivity index (χ2n) is 9.13. The first kappa shape index (κ1) is 25.2. The second kappa shape index (κ2) is 13.3. The van der Waals surface area contributed by atoms with Gasteiger partial charge in [0.25, 0.3) is 0 Å². The Kier molecular flexibility index (Phi) is 9.84. The van der Waals surface area contributed by atoms with E-state index in [4.69, 9.17) is 9.73 Å². The third kappa shape index (κ3) is 9.19. The lowest BCUT2D eigenvalue weighted by atomic mass is 9.97. The minimum Gasteiger partial charge on any atom is -0.489 e. The average Bonchev–Trinajstić information content (AvgIpc) is 2.87. The molecule has 0 spiro atoms. The summed E-state index contributed by atoms with van der Waals surface area (Å²) in [5.74, 6) is 0.860. The van der Waals surface area contributed by atoms with Gasteiger partial charge in [-0.2, -0.15) is 0 Å². The van der Waals surface area contributed by atoms with Crippen LogP contribution in [0, 0.1) is 0 Å². The van der Waals surface area contributed by atoms with E-state index in [-0.39, 0.29) is 5.54 Å². The Bertz CT molecular complexity index is 1050. The van der Waals surface area contributed by atoms with Crippen LogP contribution in [0.1, 0.15) is 61.8 Å². The van der Waals surface area contributed by atoms with Crippen LogP contribution in [0.2, 0.25) is 0 Å². The highest BCUT2D eigenvalue weighted by atomic mass is 16.5. The fourth-order valence-electron chi connectivity index (χ4n) is 3.53. The molecule has 0 radical (unpaired) electrons. The van der Waals surface area contributed by atoms with Crippen molar-refractivity contribution in [3.8, 4) is 5.75 Å². The number of aliphatic imine (C=N–C) groups is 2. The van der Waals surface area contributed by atoms with Crippen LogP contribution in [0.5, 0.6) is 5.75 Å². The van der Waals surface area contributed by atoms with Gasteiger partial charge in [-0.15, -0.1) is 0 Å². The van der Waals surface area contributed by atoms with Crippen molar-refractivity contribution in [2.24, 2.45) is 9.98 Å². The zero-order valence-electron chi connectivity index (χ0n) is 20.5. The molecular weight excluding hydrogens is 416 g/mol. The Hall–Kier alpha value is -3.46. The topological polar surface area (TPSA) is 34.0 Å². The molecule has 0 amide bonds. The van der Waals surface area contributed by atoms with Gasteiger partial charge in [0.1, 0.15) is 12.4 Å². The predicted octanol–water partition coefficient (Wildman–Crippen LogP) is 7.79. The molecule has 3 rings (SSSR count). The summed E-state index contributed by atoms with van der Waals surface area (Å²) in [6, 6.07) is 26.6. The number of benzene rings is 3. The molecule has 176 valence electrons. The number of ether oxygens (including phenoxy) is 1. The molecule has 0 bridgehead atoms. The van der Waals surface area contributed by atoms with E-state index in [2.05, 4.69) is 61.8 Å². The summed E-state index contributed by atoms with van der Waals surface area (Å²) in [5.41, 5.74) is 4.44. The lowest BCUT2D eigenvalue weighted by Gasteiger charge is -2.19. The van der Waals surface area contributed by atoms with Crippen molar-refractivity contribution in [1.82, 2.24) is 0 Å². The molecule has 0 atom stereocenters. The van der Waals surface area contributed by atoms with Crippen molar-refractivity contribution < 1.29 is 4.74 Å². The number of hydrogen-bond acceptors (Lipinski definition) is 3. The molecule has 0 unspecified atom stereocenters. The molecule has 0 saturated heterocycles. The molecule has 0 N–H and O–H groups in total. The highest BCUT2D eigenvalue weighted by Gasteiger charge is 2.14. The van der Waals surface area contributed by atoms with E-state index < -0.39 is 0 Å². The normalized spacial score (nSPS) is 11.8. The highest BCUT2D eigenvalue weighted by Crippen LogP contribution is 2.20. The fourth-order valence-corrected chi connectivity index (χ4v) is 3.53. The van der Waals surface area contributed by atoms with Gasteiger partial charge in [-0.3, -0.25) is 9.98 Å². The minimum absolute atomic E-state index is 0.0694. The summed E-state index contributed by atoms with van der Waals surface area (Å²) in [4.78, 5) is 9.36. The van der Waals surface area contributed by atoms with E-state index in [1.54, 1.807) is 0 Å². The first-order valence-corrected chi connectivity index (χ1v) is 12.1. The lowest BCUT2D eigenvalue weighted by molar-refractivity contribution is 0.306. The molecule has 3 nitrogen and oxygen atoms in total. The fraction of sp³-hybridized carbons (Fsp3) is 0.290.